The number of para-hydroxylation sites is 1. The van der Waals surface area contributed by atoms with Gasteiger partial charge in [0, 0.05) is 13.6 Å². The van der Waals surface area contributed by atoms with E-state index in [1.807, 2.05) is 25.2 Å². The third-order valence-electron chi connectivity index (χ3n) is 2.92. The number of nitrogens with two attached hydrogens (primary N) is 1. The second-order valence-electron chi connectivity index (χ2n) is 4.28. The molecule has 0 saturated heterocycles. The molecule has 1 aromatic carbocycles. The minimum atomic E-state index is -0.292. The number of carbonyl (C=O) groups is 1. The van der Waals surface area contributed by atoms with Crippen LogP contribution in [0.1, 0.15) is 29.6 Å². The molecule has 2 N–H and O–H groups in total. The molecule has 0 aromatic heterocycles. The average molecular weight is 250 g/mol. The first kappa shape index (κ1) is 14.5. The Bertz CT molecular complexity index is 380. The van der Waals surface area contributed by atoms with E-state index in [-0.39, 0.29) is 5.97 Å². The van der Waals surface area contributed by atoms with Crippen molar-refractivity contribution >= 4 is 11.7 Å². The molecule has 0 bridgehead atoms. The van der Waals surface area contributed by atoms with Crippen molar-refractivity contribution in [3.63, 3.8) is 0 Å². The van der Waals surface area contributed by atoms with E-state index in [4.69, 9.17) is 10.5 Å². The zero-order valence-electron chi connectivity index (χ0n) is 11.2. The van der Waals surface area contributed by atoms with Crippen molar-refractivity contribution in [1.29, 1.82) is 0 Å². The van der Waals surface area contributed by atoms with Gasteiger partial charge in [-0.25, -0.2) is 4.79 Å². The maximum absolute atomic E-state index is 11.6. The highest BCUT2D eigenvalue weighted by Crippen LogP contribution is 2.20. The Morgan fingerprint density at radius 3 is 2.67 bits per heavy atom. The number of hydrogen-bond acceptors (Lipinski definition) is 4. The standard InChI is InChI=1S/C14H22N2O2/c1-16(11-7-3-6-10-15)13-9-5-4-8-12(13)14(17)18-2/h4-5,8-9H,3,6-7,10-11,15H2,1-2H3. The first-order valence-electron chi connectivity index (χ1n) is 6.29. The first-order chi connectivity index (χ1) is 8.70. The first-order valence-corrected chi connectivity index (χ1v) is 6.29. The van der Waals surface area contributed by atoms with Gasteiger partial charge >= 0.3 is 5.97 Å². The number of unbranched alkanes of at least 4 members (excludes halogenated alkanes) is 2. The Kier molecular flexibility index (Phi) is 6.22. The molecule has 18 heavy (non-hydrogen) atoms. The Balaban J connectivity index is 2.66. The van der Waals surface area contributed by atoms with Gasteiger partial charge in [-0.1, -0.05) is 18.6 Å². The van der Waals surface area contributed by atoms with Crippen molar-refractivity contribution in [3.05, 3.63) is 29.8 Å². The van der Waals surface area contributed by atoms with Gasteiger partial charge in [-0.05, 0) is 31.5 Å². The molecule has 0 spiro atoms. The zero-order valence-corrected chi connectivity index (χ0v) is 11.2. The molecule has 0 aliphatic carbocycles. The predicted molar refractivity (Wildman–Crippen MR) is 74.0 cm³/mol. The van der Waals surface area contributed by atoms with Gasteiger partial charge in [0.05, 0.1) is 18.4 Å². The molecular formula is C14H22N2O2. The fourth-order valence-corrected chi connectivity index (χ4v) is 1.88. The summed E-state index contributed by atoms with van der Waals surface area (Å²) in [6.45, 7) is 1.65. The molecular weight excluding hydrogens is 228 g/mol. The topological polar surface area (TPSA) is 55.6 Å². The maximum Gasteiger partial charge on any atom is 0.339 e. The Morgan fingerprint density at radius 1 is 1.28 bits per heavy atom. The van der Waals surface area contributed by atoms with Crippen molar-refractivity contribution in [2.45, 2.75) is 19.3 Å². The second-order valence-corrected chi connectivity index (χ2v) is 4.28. The van der Waals surface area contributed by atoms with Crippen LogP contribution < -0.4 is 10.6 Å². The van der Waals surface area contributed by atoms with E-state index in [1.165, 1.54) is 7.11 Å². The number of hydrogen-bond donors (Lipinski definition) is 1. The van der Waals surface area contributed by atoms with E-state index in [0.29, 0.717) is 5.56 Å². The fourth-order valence-electron chi connectivity index (χ4n) is 1.88. The summed E-state index contributed by atoms with van der Waals surface area (Å²) in [5, 5.41) is 0. The smallest absolute Gasteiger partial charge is 0.339 e. The quantitative estimate of drug-likeness (QED) is 0.594. The highest BCUT2D eigenvalue weighted by atomic mass is 16.5. The van der Waals surface area contributed by atoms with Crippen LogP contribution in [0.5, 0.6) is 0 Å². The maximum atomic E-state index is 11.6. The molecule has 1 rings (SSSR count). The van der Waals surface area contributed by atoms with Gasteiger partial charge in [0.25, 0.3) is 0 Å². The van der Waals surface area contributed by atoms with Crippen molar-refractivity contribution in [2.75, 3.05) is 32.1 Å². The van der Waals surface area contributed by atoms with Crippen molar-refractivity contribution < 1.29 is 9.53 Å². The van der Waals surface area contributed by atoms with Crippen LogP contribution in [0, 0.1) is 0 Å². The van der Waals surface area contributed by atoms with Crippen molar-refractivity contribution in [1.82, 2.24) is 0 Å². The number of methoxy groups -OCH3 is 1. The molecule has 4 nitrogen and oxygen atoms in total. The summed E-state index contributed by atoms with van der Waals surface area (Å²) >= 11 is 0. The summed E-state index contributed by atoms with van der Waals surface area (Å²) in [7, 11) is 3.39. The van der Waals surface area contributed by atoms with Crippen LogP contribution in [0.15, 0.2) is 24.3 Å². The molecule has 0 radical (unpaired) electrons. The highest BCUT2D eigenvalue weighted by molar-refractivity contribution is 5.95. The Labute approximate surface area is 109 Å². The molecule has 0 aliphatic heterocycles. The van der Waals surface area contributed by atoms with Gasteiger partial charge in [0.15, 0.2) is 0 Å². The summed E-state index contributed by atoms with van der Waals surface area (Å²) in [6.07, 6.45) is 3.23. The lowest BCUT2D eigenvalue weighted by Gasteiger charge is -2.21. The van der Waals surface area contributed by atoms with E-state index in [0.717, 1.165) is 38.0 Å². The summed E-state index contributed by atoms with van der Waals surface area (Å²) < 4.78 is 4.79. The lowest BCUT2D eigenvalue weighted by Crippen LogP contribution is -2.21. The molecule has 4 heteroatoms. The van der Waals surface area contributed by atoms with Crippen LogP contribution in [0.25, 0.3) is 0 Å². The third-order valence-corrected chi connectivity index (χ3v) is 2.92. The molecule has 0 heterocycles. The van der Waals surface area contributed by atoms with Crippen LogP contribution in [-0.2, 0) is 4.74 Å². The monoisotopic (exact) mass is 250 g/mol. The summed E-state index contributed by atoms with van der Waals surface area (Å²) in [6, 6.07) is 7.50. The zero-order chi connectivity index (χ0) is 13.4. The summed E-state index contributed by atoms with van der Waals surface area (Å²) in [5.74, 6) is -0.292. The van der Waals surface area contributed by atoms with Gasteiger partial charge in [0.1, 0.15) is 0 Å². The number of esters is 1. The van der Waals surface area contributed by atoms with Gasteiger partial charge in [0.2, 0.25) is 0 Å². The molecule has 0 unspecified atom stereocenters. The van der Waals surface area contributed by atoms with Crippen LogP contribution in [0.4, 0.5) is 5.69 Å². The van der Waals surface area contributed by atoms with Crippen LogP contribution in [-0.4, -0.2) is 33.2 Å². The van der Waals surface area contributed by atoms with Crippen molar-refractivity contribution in [2.24, 2.45) is 5.73 Å². The van der Waals surface area contributed by atoms with Gasteiger partial charge in [-0.3, -0.25) is 0 Å². The molecule has 100 valence electrons. The van der Waals surface area contributed by atoms with E-state index in [1.54, 1.807) is 6.07 Å². The van der Waals surface area contributed by atoms with E-state index >= 15 is 0 Å². The minimum absolute atomic E-state index is 0.292. The number of rotatable bonds is 7. The molecule has 0 fully saturated rings. The third kappa shape index (κ3) is 4.04. The lowest BCUT2D eigenvalue weighted by molar-refractivity contribution is 0.0601. The Hall–Kier alpha value is -1.55. The number of carbonyl (C=O) groups excluding carboxylic acids is 1. The molecule has 1 aromatic rings. The summed E-state index contributed by atoms with van der Waals surface area (Å²) in [4.78, 5) is 13.7. The highest BCUT2D eigenvalue weighted by Gasteiger charge is 2.13. The lowest BCUT2D eigenvalue weighted by atomic mass is 10.1. The van der Waals surface area contributed by atoms with E-state index in [9.17, 15) is 4.79 Å². The van der Waals surface area contributed by atoms with Gasteiger partial charge in [-0.15, -0.1) is 0 Å². The molecule has 0 atom stereocenters. The van der Waals surface area contributed by atoms with E-state index < -0.39 is 0 Å². The number of ether oxygens (including phenoxy) is 1. The largest absolute Gasteiger partial charge is 0.465 e. The molecule has 0 amide bonds. The second kappa shape index (κ2) is 7.71. The molecule has 0 saturated carbocycles. The van der Waals surface area contributed by atoms with E-state index in [2.05, 4.69) is 4.90 Å². The number of anilines is 1. The fraction of sp³-hybridized carbons (Fsp3) is 0.500. The summed E-state index contributed by atoms with van der Waals surface area (Å²) in [5.41, 5.74) is 6.99. The van der Waals surface area contributed by atoms with Crippen LogP contribution in [0.2, 0.25) is 0 Å². The number of benzene rings is 1. The molecule has 0 aliphatic rings. The van der Waals surface area contributed by atoms with Gasteiger partial charge < -0.3 is 15.4 Å². The predicted octanol–water partition coefficient (Wildman–Crippen LogP) is 2.04. The van der Waals surface area contributed by atoms with Gasteiger partial charge in [-0.2, -0.15) is 0 Å². The van der Waals surface area contributed by atoms with Crippen LogP contribution in [0.3, 0.4) is 0 Å². The normalized spacial score (nSPS) is 10.2. The van der Waals surface area contributed by atoms with Crippen LogP contribution >= 0.6 is 0 Å². The number of nitrogens with zero attached hydrogens (tertiary/aromatic N) is 1. The minimum Gasteiger partial charge on any atom is -0.465 e. The van der Waals surface area contributed by atoms with Crippen molar-refractivity contribution in [3.8, 4) is 0 Å². The average Bonchev–Trinajstić information content (AvgIpc) is 2.42. The Morgan fingerprint density at radius 2 is 2.00 bits per heavy atom. The SMILES string of the molecule is COC(=O)c1ccccc1N(C)CCCCCN.